The van der Waals surface area contributed by atoms with Crippen molar-refractivity contribution in [3.8, 4) is 0 Å². The van der Waals surface area contributed by atoms with Crippen molar-refractivity contribution in [2.45, 2.75) is 43.1 Å². The molecular formula is C22H27N. The van der Waals surface area contributed by atoms with Crippen LogP contribution in [0.15, 0.2) is 60.7 Å². The average molecular weight is 305 g/mol. The second-order valence-electron chi connectivity index (χ2n) is 7.76. The zero-order chi connectivity index (χ0) is 15.9. The molecule has 1 heteroatoms. The van der Waals surface area contributed by atoms with Gasteiger partial charge in [-0.15, -0.1) is 0 Å². The van der Waals surface area contributed by atoms with Crippen molar-refractivity contribution >= 4 is 0 Å². The van der Waals surface area contributed by atoms with E-state index in [0.717, 1.165) is 5.92 Å². The molecule has 0 spiro atoms. The molecule has 0 heterocycles. The van der Waals surface area contributed by atoms with Gasteiger partial charge in [-0.1, -0.05) is 60.7 Å². The number of hydrogen-bond acceptors (Lipinski definition) is 1. The molecule has 0 unspecified atom stereocenters. The van der Waals surface area contributed by atoms with E-state index in [1.54, 1.807) is 11.1 Å². The SMILES string of the molecule is CN(C)C12CCC([C@H](c3ccccc3)C1)[C@H](c1ccccc1)C2. The predicted octanol–water partition coefficient (Wildman–Crippen LogP) is 5.06. The Labute approximate surface area is 140 Å². The van der Waals surface area contributed by atoms with Crippen LogP contribution in [0, 0.1) is 5.92 Å². The van der Waals surface area contributed by atoms with Crippen LogP contribution in [-0.2, 0) is 0 Å². The molecule has 23 heavy (non-hydrogen) atoms. The number of rotatable bonds is 3. The molecule has 2 aromatic rings. The van der Waals surface area contributed by atoms with Crippen LogP contribution in [0.5, 0.6) is 0 Å². The first-order chi connectivity index (χ1) is 11.2. The second-order valence-corrected chi connectivity index (χ2v) is 7.76. The van der Waals surface area contributed by atoms with E-state index in [9.17, 15) is 0 Å². The summed E-state index contributed by atoms with van der Waals surface area (Å²) < 4.78 is 0. The normalized spacial score (nSPS) is 33.1. The molecule has 0 N–H and O–H groups in total. The molecule has 0 radical (unpaired) electrons. The fraction of sp³-hybridized carbons (Fsp3) is 0.455. The second kappa shape index (κ2) is 5.79. The Bertz CT molecular complexity index is 597. The highest BCUT2D eigenvalue weighted by Crippen LogP contribution is 2.59. The maximum absolute atomic E-state index is 2.52. The van der Waals surface area contributed by atoms with Crippen molar-refractivity contribution in [1.82, 2.24) is 4.90 Å². The first-order valence-corrected chi connectivity index (χ1v) is 8.97. The largest absolute Gasteiger partial charge is 0.304 e. The Morgan fingerprint density at radius 2 is 1.26 bits per heavy atom. The van der Waals surface area contributed by atoms with E-state index < -0.39 is 0 Å². The van der Waals surface area contributed by atoms with Gasteiger partial charge in [0.05, 0.1) is 0 Å². The lowest BCUT2D eigenvalue weighted by Crippen LogP contribution is -2.55. The van der Waals surface area contributed by atoms with E-state index in [1.807, 2.05) is 0 Å². The smallest absolute Gasteiger partial charge is 0.0215 e. The van der Waals surface area contributed by atoms with Gasteiger partial charge >= 0.3 is 0 Å². The fourth-order valence-corrected chi connectivity index (χ4v) is 5.25. The Balaban J connectivity index is 1.75. The van der Waals surface area contributed by atoms with Crippen LogP contribution in [0.2, 0.25) is 0 Å². The molecule has 3 aliphatic rings. The quantitative estimate of drug-likeness (QED) is 0.766. The molecule has 0 amide bonds. The molecule has 3 aliphatic carbocycles. The predicted molar refractivity (Wildman–Crippen MR) is 96.7 cm³/mol. The lowest BCUT2D eigenvalue weighted by atomic mass is 9.53. The van der Waals surface area contributed by atoms with Gasteiger partial charge in [0.2, 0.25) is 0 Å². The van der Waals surface area contributed by atoms with Crippen molar-refractivity contribution in [3.63, 3.8) is 0 Å². The molecule has 5 rings (SSSR count). The highest BCUT2D eigenvalue weighted by Gasteiger charge is 2.52. The summed E-state index contributed by atoms with van der Waals surface area (Å²) in [5.41, 5.74) is 3.46. The van der Waals surface area contributed by atoms with Gasteiger partial charge in [0.15, 0.2) is 0 Å². The van der Waals surface area contributed by atoms with Crippen LogP contribution in [0.4, 0.5) is 0 Å². The monoisotopic (exact) mass is 305 g/mol. The lowest BCUT2D eigenvalue weighted by Gasteiger charge is -2.58. The van der Waals surface area contributed by atoms with E-state index in [0.29, 0.717) is 17.4 Å². The third kappa shape index (κ3) is 2.52. The van der Waals surface area contributed by atoms with Gasteiger partial charge in [0.25, 0.3) is 0 Å². The average Bonchev–Trinajstić information content (AvgIpc) is 2.63. The van der Waals surface area contributed by atoms with Crippen LogP contribution in [0.1, 0.15) is 48.6 Å². The minimum Gasteiger partial charge on any atom is -0.304 e. The zero-order valence-corrected chi connectivity index (χ0v) is 14.3. The van der Waals surface area contributed by atoms with Crippen LogP contribution < -0.4 is 0 Å². The third-order valence-corrected chi connectivity index (χ3v) is 6.58. The van der Waals surface area contributed by atoms with Gasteiger partial charge in [-0.3, -0.25) is 0 Å². The molecular weight excluding hydrogens is 278 g/mol. The van der Waals surface area contributed by atoms with Gasteiger partial charge in [0, 0.05) is 5.54 Å². The zero-order valence-electron chi connectivity index (χ0n) is 14.3. The molecule has 1 nitrogen and oxygen atoms in total. The summed E-state index contributed by atoms with van der Waals surface area (Å²) in [6.07, 6.45) is 5.35. The van der Waals surface area contributed by atoms with Crippen LogP contribution in [-0.4, -0.2) is 24.5 Å². The topological polar surface area (TPSA) is 3.24 Å². The van der Waals surface area contributed by atoms with Crippen molar-refractivity contribution in [3.05, 3.63) is 71.8 Å². The molecule has 0 saturated heterocycles. The van der Waals surface area contributed by atoms with E-state index in [4.69, 9.17) is 0 Å². The first-order valence-electron chi connectivity index (χ1n) is 8.97. The number of hydrogen-bond donors (Lipinski definition) is 0. The van der Waals surface area contributed by atoms with E-state index >= 15 is 0 Å². The van der Waals surface area contributed by atoms with Gasteiger partial charge in [0.1, 0.15) is 0 Å². The van der Waals surface area contributed by atoms with Gasteiger partial charge in [-0.2, -0.15) is 0 Å². The molecule has 2 atom stereocenters. The molecule has 120 valence electrons. The maximum Gasteiger partial charge on any atom is 0.0215 e. The third-order valence-electron chi connectivity index (χ3n) is 6.58. The van der Waals surface area contributed by atoms with E-state index in [-0.39, 0.29) is 0 Å². The molecule has 3 saturated carbocycles. The molecule has 0 aliphatic heterocycles. The summed E-state index contributed by atoms with van der Waals surface area (Å²) >= 11 is 0. The summed E-state index contributed by atoms with van der Waals surface area (Å²) in [5, 5.41) is 0. The minimum atomic E-state index is 0.371. The molecule has 0 aromatic heterocycles. The molecule has 3 fully saturated rings. The van der Waals surface area contributed by atoms with Gasteiger partial charge < -0.3 is 4.90 Å². The number of benzene rings is 2. The van der Waals surface area contributed by atoms with Crippen LogP contribution >= 0.6 is 0 Å². The van der Waals surface area contributed by atoms with E-state index in [2.05, 4.69) is 79.7 Å². The lowest BCUT2D eigenvalue weighted by molar-refractivity contribution is -0.00924. The Kier molecular flexibility index (Phi) is 3.77. The Morgan fingerprint density at radius 1 is 0.783 bits per heavy atom. The summed E-state index contributed by atoms with van der Waals surface area (Å²) in [6.45, 7) is 0. The van der Waals surface area contributed by atoms with Crippen molar-refractivity contribution in [1.29, 1.82) is 0 Å². The van der Waals surface area contributed by atoms with Gasteiger partial charge in [-0.25, -0.2) is 0 Å². The van der Waals surface area contributed by atoms with Gasteiger partial charge in [-0.05, 0) is 68.7 Å². The standard InChI is InChI=1S/C22H27N/c1-23(2)22-14-13-19(20(15-22)17-9-5-3-6-10-17)21(16-22)18-11-7-4-8-12-18/h3-12,19-21H,13-16H2,1-2H3/t19?,20-,21-,22?/m0/s1. The first kappa shape index (κ1) is 15.0. The summed E-state index contributed by atoms with van der Waals surface area (Å²) in [4.78, 5) is 2.52. The van der Waals surface area contributed by atoms with Crippen LogP contribution in [0.25, 0.3) is 0 Å². The van der Waals surface area contributed by atoms with E-state index in [1.165, 1.54) is 25.7 Å². The summed E-state index contributed by atoms with van der Waals surface area (Å²) in [7, 11) is 4.57. The Hall–Kier alpha value is -1.60. The van der Waals surface area contributed by atoms with Crippen molar-refractivity contribution < 1.29 is 0 Å². The van der Waals surface area contributed by atoms with Crippen molar-refractivity contribution in [2.75, 3.05) is 14.1 Å². The number of fused-ring (bicyclic) bond motifs is 3. The maximum atomic E-state index is 2.52. The highest BCUT2D eigenvalue weighted by atomic mass is 15.2. The van der Waals surface area contributed by atoms with Crippen LogP contribution in [0.3, 0.4) is 0 Å². The number of nitrogens with zero attached hydrogens (tertiary/aromatic N) is 1. The Morgan fingerprint density at radius 3 is 1.70 bits per heavy atom. The fourth-order valence-electron chi connectivity index (χ4n) is 5.25. The molecule has 2 bridgehead atoms. The summed E-state index contributed by atoms with van der Waals surface area (Å²) in [6, 6.07) is 22.5. The summed E-state index contributed by atoms with van der Waals surface area (Å²) in [5.74, 6) is 2.19. The van der Waals surface area contributed by atoms with Crippen molar-refractivity contribution in [2.24, 2.45) is 5.92 Å². The molecule has 2 aromatic carbocycles. The minimum absolute atomic E-state index is 0.371. The highest BCUT2D eigenvalue weighted by molar-refractivity contribution is 5.31.